The number of ether oxygens (including phenoxy) is 1. The summed E-state index contributed by atoms with van der Waals surface area (Å²) < 4.78 is 5.18. The van der Waals surface area contributed by atoms with Crippen LogP contribution >= 0.6 is 0 Å². The minimum atomic E-state index is 0.0977. The van der Waals surface area contributed by atoms with Crippen LogP contribution in [0.5, 0.6) is 0 Å². The fraction of sp³-hybridized carbons (Fsp3) is 0.600. The number of pyridine rings is 1. The van der Waals surface area contributed by atoms with Gasteiger partial charge in [0, 0.05) is 51.2 Å². The Balaban J connectivity index is 1.83. The van der Waals surface area contributed by atoms with E-state index in [9.17, 15) is 4.79 Å². The number of amides is 1. The zero-order chi connectivity index (χ0) is 14.4. The van der Waals surface area contributed by atoms with E-state index in [4.69, 9.17) is 4.74 Å². The second-order valence-electron chi connectivity index (χ2n) is 5.02. The van der Waals surface area contributed by atoms with E-state index in [1.54, 1.807) is 6.20 Å². The molecule has 1 saturated heterocycles. The van der Waals surface area contributed by atoms with Crippen molar-refractivity contribution < 1.29 is 9.53 Å². The first kappa shape index (κ1) is 14.9. The van der Waals surface area contributed by atoms with Crippen LogP contribution in [0.25, 0.3) is 0 Å². The molecule has 0 N–H and O–H groups in total. The van der Waals surface area contributed by atoms with Crippen molar-refractivity contribution in [2.45, 2.75) is 19.9 Å². The standard InChI is InChI=1S/C15H23N3O2/c1-3-20-12-15(19)18-9-7-17(8-10-18)13(2)14-5-4-6-16-11-14/h4-6,11,13H,3,7-10,12H2,1-2H3. The molecule has 1 aliphatic rings. The predicted octanol–water partition coefficient (Wildman–Crippen LogP) is 1.32. The van der Waals surface area contributed by atoms with Gasteiger partial charge in [-0.1, -0.05) is 6.07 Å². The molecule has 1 fully saturated rings. The van der Waals surface area contributed by atoms with E-state index < -0.39 is 0 Å². The number of rotatable bonds is 5. The summed E-state index contributed by atoms with van der Waals surface area (Å²) in [4.78, 5) is 20.3. The van der Waals surface area contributed by atoms with Gasteiger partial charge in [0.1, 0.15) is 6.61 Å². The molecule has 20 heavy (non-hydrogen) atoms. The topological polar surface area (TPSA) is 45.7 Å². The van der Waals surface area contributed by atoms with E-state index in [1.807, 2.05) is 24.1 Å². The Bertz CT molecular complexity index is 416. The molecule has 0 aliphatic carbocycles. The van der Waals surface area contributed by atoms with Gasteiger partial charge < -0.3 is 9.64 Å². The number of carbonyl (C=O) groups excluding carboxylic acids is 1. The van der Waals surface area contributed by atoms with Gasteiger partial charge in [-0.3, -0.25) is 14.7 Å². The summed E-state index contributed by atoms with van der Waals surface area (Å²) >= 11 is 0. The SMILES string of the molecule is CCOCC(=O)N1CCN(C(C)c2cccnc2)CC1. The Morgan fingerprint density at radius 3 is 2.75 bits per heavy atom. The van der Waals surface area contributed by atoms with Gasteiger partial charge in [0.2, 0.25) is 5.91 Å². The Kier molecular flexibility index (Phi) is 5.49. The number of hydrogen-bond acceptors (Lipinski definition) is 4. The van der Waals surface area contributed by atoms with Crippen molar-refractivity contribution in [1.29, 1.82) is 0 Å². The molecule has 0 bridgehead atoms. The highest BCUT2D eigenvalue weighted by Gasteiger charge is 2.24. The van der Waals surface area contributed by atoms with Crippen LogP contribution in [0.3, 0.4) is 0 Å². The van der Waals surface area contributed by atoms with E-state index in [0.717, 1.165) is 26.2 Å². The second kappa shape index (κ2) is 7.36. The summed E-state index contributed by atoms with van der Waals surface area (Å²) in [6, 6.07) is 4.41. The van der Waals surface area contributed by atoms with Crippen LogP contribution in [-0.4, -0.2) is 60.1 Å². The maximum Gasteiger partial charge on any atom is 0.248 e. The van der Waals surface area contributed by atoms with Crippen LogP contribution in [0.15, 0.2) is 24.5 Å². The maximum absolute atomic E-state index is 11.9. The number of nitrogens with zero attached hydrogens (tertiary/aromatic N) is 3. The number of aromatic nitrogens is 1. The molecule has 0 radical (unpaired) electrons. The highest BCUT2D eigenvalue weighted by Crippen LogP contribution is 2.20. The first-order chi connectivity index (χ1) is 9.72. The second-order valence-corrected chi connectivity index (χ2v) is 5.02. The van der Waals surface area contributed by atoms with Crippen molar-refractivity contribution in [1.82, 2.24) is 14.8 Å². The Labute approximate surface area is 120 Å². The molecule has 110 valence electrons. The summed E-state index contributed by atoms with van der Waals surface area (Å²) in [6.07, 6.45) is 3.71. The van der Waals surface area contributed by atoms with Gasteiger partial charge in [-0.25, -0.2) is 0 Å². The summed E-state index contributed by atoms with van der Waals surface area (Å²) in [5.74, 6) is 0.0977. The van der Waals surface area contributed by atoms with Gasteiger partial charge in [0.25, 0.3) is 0 Å². The highest BCUT2D eigenvalue weighted by molar-refractivity contribution is 5.77. The zero-order valence-electron chi connectivity index (χ0n) is 12.3. The zero-order valence-corrected chi connectivity index (χ0v) is 12.3. The molecule has 0 saturated carbocycles. The van der Waals surface area contributed by atoms with Crippen molar-refractivity contribution in [3.63, 3.8) is 0 Å². The van der Waals surface area contributed by atoms with Crippen LogP contribution in [0, 0.1) is 0 Å². The molecule has 2 rings (SSSR count). The van der Waals surface area contributed by atoms with Crippen molar-refractivity contribution in [3.8, 4) is 0 Å². The smallest absolute Gasteiger partial charge is 0.248 e. The fourth-order valence-electron chi connectivity index (χ4n) is 2.47. The Hall–Kier alpha value is -1.46. The molecule has 1 amide bonds. The quantitative estimate of drug-likeness (QED) is 0.814. The monoisotopic (exact) mass is 277 g/mol. The first-order valence-corrected chi connectivity index (χ1v) is 7.22. The lowest BCUT2D eigenvalue weighted by Gasteiger charge is -2.38. The predicted molar refractivity (Wildman–Crippen MR) is 77.3 cm³/mol. The molecular weight excluding hydrogens is 254 g/mol. The van der Waals surface area contributed by atoms with Crippen molar-refractivity contribution in [3.05, 3.63) is 30.1 Å². The van der Waals surface area contributed by atoms with Crippen molar-refractivity contribution in [2.24, 2.45) is 0 Å². The highest BCUT2D eigenvalue weighted by atomic mass is 16.5. The van der Waals surface area contributed by atoms with E-state index in [2.05, 4.69) is 22.9 Å². The number of carbonyl (C=O) groups is 1. The van der Waals surface area contributed by atoms with Gasteiger partial charge in [-0.2, -0.15) is 0 Å². The summed E-state index contributed by atoms with van der Waals surface area (Å²) in [5, 5.41) is 0. The largest absolute Gasteiger partial charge is 0.372 e. The summed E-state index contributed by atoms with van der Waals surface area (Å²) in [5.41, 5.74) is 1.22. The van der Waals surface area contributed by atoms with Gasteiger partial charge in [-0.15, -0.1) is 0 Å². The van der Waals surface area contributed by atoms with Gasteiger partial charge >= 0.3 is 0 Å². The summed E-state index contributed by atoms with van der Waals surface area (Å²) in [7, 11) is 0. The van der Waals surface area contributed by atoms with E-state index in [-0.39, 0.29) is 12.5 Å². The Morgan fingerprint density at radius 1 is 1.40 bits per heavy atom. The molecule has 1 aliphatic heterocycles. The molecule has 0 aromatic carbocycles. The molecule has 0 spiro atoms. The molecule has 1 aromatic heterocycles. The number of piperazine rings is 1. The number of hydrogen-bond donors (Lipinski definition) is 0. The first-order valence-electron chi connectivity index (χ1n) is 7.22. The fourth-order valence-corrected chi connectivity index (χ4v) is 2.47. The van der Waals surface area contributed by atoms with Crippen LogP contribution in [-0.2, 0) is 9.53 Å². The lowest BCUT2D eigenvalue weighted by Crippen LogP contribution is -2.50. The minimum absolute atomic E-state index is 0.0977. The molecule has 2 heterocycles. The third-order valence-corrected chi connectivity index (χ3v) is 3.81. The third kappa shape index (κ3) is 3.77. The van der Waals surface area contributed by atoms with E-state index in [0.29, 0.717) is 12.6 Å². The van der Waals surface area contributed by atoms with Crippen LogP contribution < -0.4 is 0 Å². The normalized spacial score (nSPS) is 18.0. The van der Waals surface area contributed by atoms with Crippen LogP contribution in [0.1, 0.15) is 25.5 Å². The van der Waals surface area contributed by atoms with Crippen molar-refractivity contribution >= 4 is 5.91 Å². The lowest BCUT2D eigenvalue weighted by molar-refractivity contribution is -0.138. The Morgan fingerprint density at radius 2 is 2.15 bits per heavy atom. The van der Waals surface area contributed by atoms with Crippen LogP contribution in [0.4, 0.5) is 0 Å². The lowest BCUT2D eigenvalue weighted by atomic mass is 10.1. The molecule has 5 heteroatoms. The summed E-state index contributed by atoms with van der Waals surface area (Å²) in [6.45, 7) is 8.22. The molecule has 1 unspecified atom stereocenters. The van der Waals surface area contributed by atoms with E-state index >= 15 is 0 Å². The van der Waals surface area contributed by atoms with Gasteiger partial charge in [0.05, 0.1) is 0 Å². The average Bonchev–Trinajstić information content (AvgIpc) is 2.53. The molecule has 5 nitrogen and oxygen atoms in total. The third-order valence-electron chi connectivity index (χ3n) is 3.81. The minimum Gasteiger partial charge on any atom is -0.372 e. The van der Waals surface area contributed by atoms with Crippen LogP contribution in [0.2, 0.25) is 0 Å². The average molecular weight is 277 g/mol. The molecule has 1 atom stereocenters. The van der Waals surface area contributed by atoms with Crippen molar-refractivity contribution in [2.75, 3.05) is 39.4 Å². The van der Waals surface area contributed by atoms with E-state index in [1.165, 1.54) is 5.56 Å². The van der Waals surface area contributed by atoms with Gasteiger partial charge in [-0.05, 0) is 25.5 Å². The molecule has 1 aromatic rings. The molecular formula is C15H23N3O2. The maximum atomic E-state index is 11.9. The van der Waals surface area contributed by atoms with Gasteiger partial charge in [0.15, 0.2) is 0 Å².